The third-order valence-electron chi connectivity index (χ3n) is 9.85. The Hall–Kier alpha value is -2.93. The fourth-order valence-corrected chi connectivity index (χ4v) is 8.22. The third kappa shape index (κ3) is 4.10. The molecule has 4 aliphatic carbocycles. The van der Waals surface area contributed by atoms with E-state index < -0.39 is 17.0 Å². The first kappa shape index (κ1) is 26.7. The first-order valence-electron chi connectivity index (χ1n) is 13.8. The van der Waals surface area contributed by atoms with Crippen LogP contribution in [0.25, 0.3) is 0 Å². The number of Topliss-reactive ketones (excluding diaryl/α,β-unsaturated/α-hetero) is 1. The Morgan fingerprint density at radius 3 is 2.50 bits per heavy atom. The van der Waals surface area contributed by atoms with E-state index >= 15 is 0 Å². The largest absolute Gasteiger partial charge is 0.451 e. The zero-order valence-electron chi connectivity index (χ0n) is 23.3. The van der Waals surface area contributed by atoms with Gasteiger partial charge in [-0.05, 0) is 91.7 Å². The number of rotatable bonds is 6. The lowest BCUT2D eigenvalue weighted by atomic mass is 9.50. The van der Waals surface area contributed by atoms with Crippen LogP contribution in [0, 0.1) is 17.3 Å². The molecule has 4 aliphatic rings. The number of fused-ring (bicyclic) bond motifs is 4. The predicted molar refractivity (Wildman–Crippen MR) is 147 cm³/mol. The SMILES string of the molecule is COCC(=O)[C@@]1(OC(C)=O)CC[C@H]2[C@@H]3CCC4=CC(=NO)CCC4=C3[C@@H](c3ccc(N(C)C)cc3)C[C@@]21C. The number of ether oxygens (including phenoxy) is 2. The van der Waals surface area contributed by atoms with Gasteiger partial charge in [0.1, 0.15) is 6.61 Å². The van der Waals surface area contributed by atoms with Crippen LogP contribution in [0.5, 0.6) is 0 Å². The molecular weight excluding hydrogens is 480 g/mol. The highest BCUT2D eigenvalue weighted by Crippen LogP contribution is 2.67. The Kier molecular flexibility index (Phi) is 7.01. The molecule has 0 unspecified atom stereocenters. The van der Waals surface area contributed by atoms with Crippen LogP contribution < -0.4 is 4.90 Å². The van der Waals surface area contributed by atoms with Gasteiger partial charge >= 0.3 is 5.97 Å². The van der Waals surface area contributed by atoms with Crippen molar-refractivity contribution < 1.29 is 24.3 Å². The molecular formula is C31H40N2O5. The van der Waals surface area contributed by atoms with Gasteiger partial charge in [-0.1, -0.05) is 29.8 Å². The number of oxime groups is 1. The second kappa shape index (κ2) is 9.99. The van der Waals surface area contributed by atoms with Crippen LogP contribution in [0.3, 0.4) is 0 Å². The summed E-state index contributed by atoms with van der Waals surface area (Å²) >= 11 is 0. The van der Waals surface area contributed by atoms with Crippen molar-refractivity contribution in [1.29, 1.82) is 0 Å². The minimum absolute atomic E-state index is 0.0629. The van der Waals surface area contributed by atoms with Crippen LogP contribution in [0.2, 0.25) is 0 Å². The molecule has 0 amide bonds. The number of hydrogen-bond acceptors (Lipinski definition) is 7. The Morgan fingerprint density at radius 2 is 1.87 bits per heavy atom. The maximum absolute atomic E-state index is 13.7. The summed E-state index contributed by atoms with van der Waals surface area (Å²) in [6.45, 7) is 3.53. The lowest BCUT2D eigenvalue weighted by Gasteiger charge is -2.55. The van der Waals surface area contributed by atoms with Crippen molar-refractivity contribution >= 4 is 23.2 Å². The molecule has 0 aromatic heterocycles. The Bertz CT molecular complexity index is 1210. The van der Waals surface area contributed by atoms with Crippen molar-refractivity contribution in [2.24, 2.45) is 22.4 Å². The van der Waals surface area contributed by atoms with Gasteiger partial charge in [0.05, 0.1) is 5.71 Å². The minimum Gasteiger partial charge on any atom is -0.451 e. The highest BCUT2D eigenvalue weighted by atomic mass is 16.6. The molecule has 7 nitrogen and oxygen atoms in total. The monoisotopic (exact) mass is 520 g/mol. The minimum atomic E-state index is -1.18. The Labute approximate surface area is 225 Å². The van der Waals surface area contributed by atoms with Gasteiger partial charge in [0.15, 0.2) is 5.60 Å². The summed E-state index contributed by atoms with van der Waals surface area (Å²) in [5.41, 5.74) is 5.59. The predicted octanol–water partition coefficient (Wildman–Crippen LogP) is 5.43. The summed E-state index contributed by atoms with van der Waals surface area (Å²) < 4.78 is 11.4. The highest BCUT2D eigenvalue weighted by Gasteiger charge is 2.68. The molecule has 1 aromatic rings. The maximum Gasteiger partial charge on any atom is 0.303 e. The summed E-state index contributed by atoms with van der Waals surface area (Å²) in [5.74, 6) is 0.101. The van der Waals surface area contributed by atoms with Crippen molar-refractivity contribution in [3.05, 3.63) is 52.6 Å². The number of nitrogens with zero attached hydrogens (tertiary/aromatic N) is 2. The van der Waals surface area contributed by atoms with Gasteiger partial charge in [0.25, 0.3) is 0 Å². The number of carbonyl (C=O) groups excluding carboxylic acids is 2. The number of hydrogen-bond donors (Lipinski definition) is 1. The number of esters is 1. The normalized spacial score (nSPS) is 33.2. The third-order valence-corrected chi connectivity index (χ3v) is 9.85. The molecule has 38 heavy (non-hydrogen) atoms. The van der Waals surface area contributed by atoms with Gasteiger partial charge in [0.2, 0.25) is 5.78 Å². The van der Waals surface area contributed by atoms with E-state index in [1.54, 1.807) is 0 Å². The molecule has 7 heteroatoms. The van der Waals surface area contributed by atoms with E-state index in [-0.39, 0.29) is 24.2 Å². The molecule has 1 N–H and O–H groups in total. The van der Waals surface area contributed by atoms with E-state index in [2.05, 4.69) is 47.3 Å². The Morgan fingerprint density at radius 1 is 1.13 bits per heavy atom. The van der Waals surface area contributed by atoms with E-state index in [0.29, 0.717) is 12.3 Å². The van der Waals surface area contributed by atoms with Crippen LogP contribution >= 0.6 is 0 Å². The van der Waals surface area contributed by atoms with Crippen LogP contribution in [0.1, 0.15) is 70.3 Å². The van der Waals surface area contributed by atoms with Crippen molar-refractivity contribution in [3.8, 4) is 0 Å². The van der Waals surface area contributed by atoms with E-state index in [9.17, 15) is 14.8 Å². The number of anilines is 1. The van der Waals surface area contributed by atoms with Gasteiger partial charge in [-0.15, -0.1) is 0 Å². The topological polar surface area (TPSA) is 88.4 Å². The zero-order valence-corrected chi connectivity index (χ0v) is 23.3. The summed E-state index contributed by atoms with van der Waals surface area (Å²) in [5, 5.41) is 12.9. The standard InChI is InChI=1S/C31H40N2O5/c1-19(34)38-31(28(35)18-37-5)15-14-27-25-12-8-21-16-22(32-36)9-13-24(21)29(25)26(17-30(27,31)2)20-6-10-23(11-7-20)33(3)4/h6-7,10-11,16,25-27,36H,8-9,12-15,17-18H2,1-5H3/t25-,26+,27-,30-,31-/m0/s1. The van der Waals surface area contributed by atoms with Crippen molar-refractivity contribution in [2.45, 2.75) is 70.3 Å². The van der Waals surface area contributed by atoms with Gasteiger partial charge < -0.3 is 19.6 Å². The zero-order chi connectivity index (χ0) is 27.2. The molecule has 0 aliphatic heterocycles. The van der Waals surface area contributed by atoms with Crippen LogP contribution in [0.15, 0.2) is 52.2 Å². The van der Waals surface area contributed by atoms with Gasteiger partial charge in [-0.25, -0.2) is 0 Å². The van der Waals surface area contributed by atoms with Crippen molar-refractivity contribution in [1.82, 2.24) is 0 Å². The summed E-state index contributed by atoms with van der Waals surface area (Å²) in [7, 11) is 5.60. The second-order valence-corrected chi connectivity index (χ2v) is 11.9. The lowest BCUT2D eigenvalue weighted by molar-refractivity contribution is -0.185. The lowest BCUT2D eigenvalue weighted by Crippen LogP contribution is -2.58. The van der Waals surface area contributed by atoms with Gasteiger partial charge in [0, 0.05) is 45.1 Å². The molecule has 0 radical (unpaired) electrons. The first-order valence-corrected chi connectivity index (χ1v) is 13.8. The molecule has 2 saturated carbocycles. The van der Waals surface area contributed by atoms with Crippen molar-refractivity contribution in [3.63, 3.8) is 0 Å². The molecule has 2 fully saturated rings. The molecule has 0 saturated heterocycles. The molecule has 204 valence electrons. The number of allylic oxidation sites excluding steroid dienone is 4. The number of carbonyl (C=O) groups is 2. The van der Waals surface area contributed by atoms with Crippen LogP contribution in [-0.4, -0.2) is 56.1 Å². The average molecular weight is 521 g/mol. The van der Waals surface area contributed by atoms with Crippen LogP contribution in [-0.2, 0) is 19.1 Å². The van der Waals surface area contributed by atoms with E-state index in [0.717, 1.165) is 49.9 Å². The number of methoxy groups -OCH3 is 1. The van der Waals surface area contributed by atoms with Gasteiger partial charge in [-0.3, -0.25) is 9.59 Å². The van der Waals surface area contributed by atoms with E-state index in [4.69, 9.17) is 9.47 Å². The summed E-state index contributed by atoms with van der Waals surface area (Å²) in [6, 6.07) is 8.75. The molecule has 5 atom stereocenters. The number of ketones is 1. The molecule has 0 bridgehead atoms. The fraction of sp³-hybridized carbons (Fsp3) is 0.581. The summed E-state index contributed by atoms with van der Waals surface area (Å²) in [4.78, 5) is 28.3. The second-order valence-electron chi connectivity index (χ2n) is 11.9. The van der Waals surface area contributed by atoms with Gasteiger partial charge in [-0.2, -0.15) is 0 Å². The summed E-state index contributed by atoms with van der Waals surface area (Å²) in [6.07, 6.45) is 7.67. The first-order chi connectivity index (χ1) is 18.1. The average Bonchev–Trinajstić information content (AvgIpc) is 3.20. The smallest absolute Gasteiger partial charge is 0.303 e. The molecule has 1 aromatic carbocycles. The highest BCUT2D eigenvalue weighted by molar-refractivity contribution is 5.97. The quantitative estimate of drug-likeness (QED) is 0.306. The maximum atomic E-state index is 13.7. The van der Waals surface area contributed by atoms with Crippen LogP contribution in [0.4, 0.5) is 5.69 Å². The Balaban J connectivity index is 1.68. The van der Waals surface area contributed by atoms with E-state index in [1.807, 2.05) is 14.1 Å². The fourth-order valence-electron chi connectivity index (χ4n) is 8.22. The molecule has 0 spiro atoms. The van der Waals surface area contributed by atoms with Crippen molar-refractivity contribution in [2.75, 3.05) is 32.7 Å². The molecule has 5 rings (SSSR count). The molecule has 0 heterocycles. The van der Waals surface area contributed by atoms with E-state index in [1.165, 1.54) is 36.3 Å². The number of benzene rings is 1.